The maximum absolute atomic E-state index is 14.8. The van der Waals surface area contributed by atoms with Crippen LogP contribution < -0.4 is 9.47 Å². The third-order valence-corrected chi connectivity index (χ3v) is 9.24. The van der Waals surface area contributed by atoms with Crippen LogP contribution >= 0.6 is 0 Å². The lowest BCUT2D eigenvalue weighted by Gasteiger charge is -2.19. The normalized spacial score (nSPS) is 12.0. The van der Waals surface area contributed by atoms with E-state index in [1.807, 2.05) is 13.8 Å². The van der Waals surface area contributed by atoms with Crippen LogP contribution in [0.1, 0.15) is 31.7 Å². The first-order valence-electron chi connectivity index (χ1n) is 13.1. The molecule has 3 rings (SSSR count). The number of esters is 1. The number of ether oxygens (including phenoxy) is 4. The number of carbonyl (C=O) groups excluding carboxylic acids is 1. The van der Waals surface area contributed by atoms with Gasteiger partial charge in [0, 0.05) is 38.1 Å². The van der Waals surface area contributed by atoms with E-state index in [9.17, 15) is 17.6 Å². The van der Waals surface area contributed by atoms with Crippen LogP contribution in [0.5, 0.6) is 17.6 Å². The quantitative estimate of drug-likeness (QED) is 0.139. The molecule has 3 aromatic rings. The predicted molar refractivity (Wildman–Crippen MR) is 153 cm³/mol. The van der Waals surface area contributed by atoms with Gasteiger partial charge in [-0.05, 0) is 35.7 Å². The second-order valence-electron chi connectivity index (χ2n) is 10.9. The van der Waals surface area contributed by atoms with Crippen molar-refractivity contribution in [2.75, 3.05) is 26.6 Å². The molecule has 14 heteroatoms. The maximum Gasteiger partial charge on any atom is 0.323 e. The number of rotatable bonds is 14. The summed E-state index contributed by atoms with van der Waals surface area (Å²) in [5, 5.41) is 3.64. The summed E-state index contributed by atoms with van der Waals surface area (Å²) in [6.45, 7) is 10.7. The summed E-state index contributed by atoms with van der Waals surface area (Å²) < 4.78 is 63.9. The van der Waals surface area contributed by atoms with Gasteiger partial charge in [-0.2, -0.15) is 9.67 Å². The minimum Gasteiger partial charge on any atom is -0.481 e. The molecule has 0 amide bonds. The molecular formula is C27H37FN4O7SSi. The van der Waals surface area contributed by atoms with Gasteiger partial charge in [-0.1, -0.05) is 33.5 Å². The highest BCUT2D eigenvalue weighted by Gasteiger charge is 2.27. The molecule has 2 heterocycles. The Kier molecular flexibility index (Phi) is 10.6. The van der Waals surface area contributed by atoms with E-state index in [0.717, 1.165) is 6.04 Å². The molecule has 1 aromatic carbocycles. The monoisotopic (exact) mass is 608 g/mol. The van der Waals surface area contributed by atoms with Crippen molar-refractivity contribution in [1.29, 1.82) is 0 Å². The van der Waals surface area contributed by atoms with Gasteiger partial charge in [-0.15, -0.1) is 5.10 Å². The summed E-state index contributed by atoms with van der Waals surface area (Å²) >= 11 is 0. The van der Waals surface area contributed by atoms with Crippen LogP contribution in [0.4, 0.5) is 4.39 Å². The van der Waals surface area contributed by atoms with Crippen molar-refractivity contribution in [2.45, 2.75) is 63.8 Å². The lowest BCUT2D eigenvalue weighted by molar-refractivity contribution is -0.140. The molecule has 0 spiro atoms. The Balaban J connectivity index is 2.09. The fourth-order valence-corrected chi connectivity index (χ4v) is 5.51. The summed E-state index contributed by atoms with van der Waals surface area (Å²) in [6.07, 6.45) is 1.17. The fraction of sp³-hybridized carbons (Fsp3) is 0.481. The van der Waals surface area contributed by atoms with Gasteiger partial charge in [0.05, 0.1) is 26.4 Å². The topological polar surface area (TPSA) is 132 Å². The van der Waals surface area contributed by atoms with Crippen molar-refractivity contribution in [2.24, 2.45) is 0 Å². The number of hydrogen-bond donors (Lipinski definition) is 0. The largest absolute Gasteiger partial charge is 0.481 e. The second-order valence-corrected chi connectivity index (χ2v) is 18.5. The van der Waals surface area contributed by atoms with Crippen molar-refractivity contribution in [1.82, 2.24) is 19.7 Å². The SMILES string of the molecule is COC(=O)CCS(=O)(=O)c1nc(Oc2c(-c3ccnc(OC)c3)cc(F)cc2C(C)C)n(COCC[Si](C)(C)C)n1. The van der Waals surface area contributed by atoms with Gasteiger partial charge in [0.1, 0.15) is 18.3 Å². The van der Waals surface area contributed by atoms with E-state index in [1.54, 1.807) is 12.1 Å². The number of pyridine rings is 1. The van der Waals surface area contributed by atoms with Crippen LogP contribution in [0.25, 0.3) is 11.1 Å². The first-order valence-corrected chi connectivity index (χ1v) is 18.4. The molecule has 0 N–H and O–H groups in total. The van der Waals surface area contributed by atoms with E-state index in [2.05, 4.69) is 39.4 Å². The zero-order chi connectivity index (χ0) is 30.4. The molecule has 11 nitrogen and oxygen atoms in total. The molecule has 41 heavy (non-hydrogen) atoms. The van der Waals surface area contributed by atoms with Crippen LogP contribution in [0, 0.1) is 5.82 Å². The summed E-state index contributed by atoms with van der Waals surface area (Å²) in [5.41, 5.74) is 1.48. The maximum atomic E-state index is 14.8. The highest BCUT2D eigenvalue weighted by atomic mass is 32.2. The van der Waals surface area contributed by atoms with Gasteiger partial charge in [0.15, 0.2) is 0 Å². The number of methoxy groups -OCH3 is 2. The molecule has 224 valence electrons. The number of hydrogen-bond acceptors (Lipinski definition) is 10. The highest BCUT2D eigenvalue weighted by molar-refractivity contribution is 7.91. The molecule has 0 saturated heterocycles. The predicted octanol–water partition coefficient (Wildman–Crippen LogP) is 5.05. The van der Waals surface area contributed by atoms with Crippen LogP contribution in [0.2, 0.25) is 25.7 Å². The van der Waals surface area contributed by atoms with Gasteiger partial charge in [-0.25, -0.2) is 17.8 Å². The van der Waals surface area contributed by atoms with E-state index in [1.165, 1.54) is 37.2 Å². The summed E-state index contributed by atoms with van der Waals surface area (Å²) in [7, 11) is -2.81. The van der Waals surface area contributed by atoms with E-state index >= 15 is 0 Å². The molecule has 0 saturated carbocycles. The Labute approximate surface area is 240 Å². The first-order chi connectivity index (χ1) is 19.2. The molecule has 0 aliphatic rings. The summed E-state index contributed by atoms with van der Waals surface area (Å²) in [4.78, 5) is 19.9. The van der Waals surface area contributed by atoms with E-state index in [4.69, 9.17) is 14.2 Å². The number of halogens is 1. The zero-order valence-electron chi connectivity index (χ0n) is 24.4. The van der Waals surface area contributed by atoms with Crippen molar-refractivity contribution in [3.05, 3.63) is 41.8 Å². The van der Waals surface area contributed by atoms with Gasteiger partial charge in [-0.3, -0.25) is 4.79 Å². The molecule has 0 bridgehead atoms. The van der Waals surface area contributed by atoms with Gasteiger partial charge in [0.25, 0.3) is 5.16 Å². The molecule has 0 atom stereocenters. The van der Waals surface area contributed by atoms with E-state index in [0.29, 0.717) is 29.2 Å². The smallest absolute Gasteiger partial charge is 0.323 e. The standard InChI is InChI=1S/C27H37FN4O7SSi/c1-18(2)21-15-20(28)16-22(19-8-10-29-23(14-19)36-3)25(21)39-27-30-26(40(34,35)12-9-24(33)37-4)31-32(27)17-38-11-13-41(5,6)7/h8,10,14-16,18H,9,11-13,17H2,1-7H3. The lowest BCUT2D eigenvalue weighted by atomic mass is 9.95. The average Bonchev–Trinajstić information content (AvgIpc) is 3.33. The van der Waals surface area contributed by atoms with Gasteiger partial charge < -0.3 is 18.9 Å². The van der Waals surface area contributed by atoms with Crippen LogP contribution in [-0.4, -0.2) is 68.8 Å². The van der Waals surface area contributed by atoms with Crippen molar-refractivity contribution < 1.29 is 36.6 Å². The van der Waals surface area contributed by atoms with E-state index in [-0.39, 0.29) is 30.8 Å². The van der Waals surface area contributed by atoms with Crippen LogP contribution in [0.15, 0.2) is 35.6 Å². The Morgan fingerprint density at radius 3 is 2.51 bits per heavy atom. The summed E-state index contributed by atoms with van der Waals surface area (Å²) in [5.74, 6) is -1.28. The second kappa shape index (κ2) is 13.5. The molecule has 0 aliphatic carbocycles. The van der Waals surface area contributed by atoms with Crippen LogP contribution in [-0.2, 0) is 30.8 Å². The minimum atomic E-state index is -4.08. The van der Waals surface area contributed by atoms with Gasteiger partial charge in [0.2, 0.25) is 15.7 Å². The number of sulfone groups is 1. The van der Waals surface area contributed by atoms with Crippen LogP contribution in [0.3, 0.4) is 0 Å². The molecule has 0 unspecified atom stereocenters. The molecular weight excluding hydrogens is 571 g/mol. The van der Waals surface area contributed by atoms with E-state index < -0.39 is 40.6 Å². The molecule has 2 aromatic heterocycles. The Morgan fingerprint density at radius 2 is 1.88 bits per heavy atom. The third-order valence-electron chi connectivity index (χ3n) is 6.06. The first kappa shape index (κ1) is 32.2. The third kappa shape index (κ3) is 8.81. The highest BCUT2D eigenvalue weighted by Crippen LogP contribution is 2.41. The Bertz CT molecular complexity index is 1470. The Morgan fingerprint density at radius 1 is 1.15 bits per heavy atom. The van der Waals surface area contributed by atoms with Crippen molar-refractivity contribution in [3.8, 4) is 28.8 Å². The number of nitrogens with zero attached hydrogens (tertiary/aromatic N) is 4. The lowest BCUT2D eigenvalue weighted by Crippen LogP contribution is -2.22. The van der Waals surface area contributed by atoms with Gasteiger partial charge >= 0.3 is 12.0 Å². The average molecular weight is 609 g/mol. The minimum absolute atomic E-state index is 0.129. The van der Waals surface area contributed by atoms with Crippen molar-refractivity contribution >= 4 is 23.9 Å². The molecule has 0 fully saturated rings. The van der Waals surface area contributed by atoms with Crippen molar-refractivity contribution in [3.63, 3.8) is 0 Å². The summed E-state index contributed by atoms with van der Waals surface area (Å²) in [6, 6.07) is 6.72. The fourth-order valence-electron chi connectivity index (χ4n) is 3.69. The number of benzene rings is 1. The Hall–Kier alpha value is -3.36. The number of aromatic nitrogens is 4. The molecule has 0 radical (unpaired) electrons. The number of carbonyl (C=O) groups is 1. The zero-order valence-corrected chi connectivity index (χ0v) is 26.2. The molecule has 0 aliphatic heterocycles.